The summed E-state index contributed by atoms with van der Waals surface area (Å²) in [5.74, 6) is -6.25. The number of aliphatic hydroxyl groups is 1. The Kier molecular flexibility index (Phi) is 4.68. The van der Waals surface area contributed by atoms with E-state index in [0.717, 1.165) is 35.3 Å². The molecule has 3 fully saturated rings. The number of halogens is 7. The molecule has 12 heteroatoms. The standard InChI is InChI=1S/C22H17F7N4O/c23-15-5-6-16(17(24)7-15)20(34,11-33-12-30-31-32-33)22(28,29)19-8-18(9-19,10-19)13-1-3-14(4-2-13)21(25,26)27/h1-7,12,34H,8-11H2. The van der Waals surface area contributed by atoms with Crippen LogP contribution in [0.5, 0.6) is 0 Å². The van der Waals surface area contributed by atoms with Gasteiger partial charge in [0.25, 0.3) is 5.92 Å². The van der Waals surface area contributed by atoms with Gasteiger partial charge < -0.3 is 5.11 Å². The maximum Gasteiger partial charge on any atom is 0.416 e. The second-order valence-corrected chi connectivity index (χ2v) is 9.23. The molecule has 0 amide bonds. The molecule has 1 heterocycles. The van der Waals surface area contributed by atoms with E-state index in [1.807, 2.05) is 0 Å². The molecule has 1 N–H and O–H groups in total. The van der Waals surface area contributed by atoms with Gasteiger partial charge in [0.15, 0.2) is 5.60 Å². The van der Waals surface area contributed by atoms with E-state index < -0.39 is 57.8 Å². The summed E-state index contributed by atoms with van der Waals surface area (Å²) in [7, 11) is 0. The van der Waals surface area contributed by atoms with Crippen molar-refractivity contribution in [2.75, 3.05) is 0 Å². The molecule has 0 spiro atoms. The van der Waals surface area contributed by atoms with Crippen molar-refractivity contribution in [2.24, 2.45) is 5.41 Å². The molecule has 3 aliphatic carbocycles. The molecule has 3 aliphatic rings. The van der Waals surface area contributed by atoms with Crippen LogP contribution in [0.3, 0.4) is 0 Å². The van der Waals surface area contributed by atoms with Gasteiger partial charge >= 0.3 is 6.18 Å². The molecule has 3 saturated carbocycles. The molecule has 1 atom stereocenters. The number of alkyl halides is 5. The van der Waals surface area contributed by atoms with E-state index in [-0.39, 0.29) is 19.3 Å². The number of tetrazole rings is 1. The fraction of sp³-hybridized carbons (Fsp3) is 0.409. The lowest BCUT2D eigenvalue weighted by Gasteiger charge is -2.74. The summed E-state index contributed by atoms with van der Waals surface area (Å²) < 4.78 is 99.6. The van der Waals surface area contributed by atoms with Crippen LogP contribution in [0.4, 0.5) is 30.7 Å². The second-order valence-electron chi connectivity index (χ2n) is 9.23. The largest absolute Gasteiger partial charge is 0.416 e. The summed E-state index contributed by atoms with van der Waals surface area (Å²) in [5, 5.41) is 21.5. The minimum absolute atomic E-state index is 0.112. The topological polar surface area (TPSA) is 63.8 Å². The van der Waals surface area contributed by atoms with Gasteiger partial charge in [-0.1, -0.05) is 12.1 Å². The zero-order valence-corrected chi connectivity index (χ0v) is 17.3. The van der Waals surface area contributed by atoms with Gasteiger partial charge in [-0.15, -0.1) is 5.10 Å². The maximum atomic E-state index is 16.1. The number of rotatable bonds is 6. The molecule has 180 valence electrons. The third kappa shape index (κ3) is 3.07. The Morgan fingerprint density at radius 3 is 2.12 bits per heavy atom. The summed E-state index contributed by atoms with van der Waals surface area (Å²) in [6.45, 7) is -0.898. The maximum absolute atomic E-state index is 16.1. The summed E-state index contributed by atoms with van der Waals surface area (Å²) in [6.07, 6.45) is -3.87. The third-order valence-electron chi connectivity index (χ3n) is 7.20. The van der Waals surface area contributed by atoms with Crippen LogP contribution >= 0.6 is 0 Å². The number of nitrogens with zero attached hydrogens (tertiary/aromatic N) is 4. The van der Waals surface area contributed by atoms with E-state index in [2.05, 4.69) is 15.5 Å². The van der Waals surface area contributed by atoms with Crippen LogP contribution in [0.25, 0.3) is 0 Å². The highest BCUT2D eigenvalue weighted by molar-refractivity contribution is 5.44. The normalized spacial score (nSPS) is 25.9. The van der Waals surface area contributed by atoms with E-state index in [0.29, 0.717) is 11.6 Å². The fourth-order valence-corrected chi connectivity index (χ4v) is 5.54. The van der Waals surface area contributed by atoms with Gasteiger partial charge in [-0.3, -0.25) is 0 Å². The van der Waals surface area contributed by atoms with E-state index >= 15 is 8.78 Å². The van der Waals surface area contributed by atoms with E-state index in [1.165, 1.54) is 12.1 Å². The van der Waals surface area contributed by atoms with Crippen molar-refractivity contribution in [3.63, 3.8) is 0 Å². The van der Waals surface area contributed by atoms with Gasteiger partial charge in [-0.2, -0.15) is 13.2 Å². The Balaban J connectivity index is 1.47. The van der Waals surface area contributed by atoms with Crippen molar-refractivity contribution in [3.05, 3.63) is 77.1 Å². The van der Waals surface area contributed by atoms with Crippen LogP contribution in [-0.2, 0) is 23.7 Å². The molecule has 3 aromatic rings. The molecule has 0 radical (unpaired) electrons. The van der Waals surface area contributed by atoms with Gasteiger partial charge in [0.1, 0.15) is 18.0 Å². The van der Waals surface area contributed by atoms with Crippen molar-refractivity contribution in [3.8, 4) is 0 Å². The monoisotopic (exact) mass is 486 g/mol. The fourth-order valence-electron chi connectivity index (χ4n) is 5.54. The molecule has 0 aliphatic heterocycles. The highest BCUT2D eigenvalue weighted by Crippen LogP contribution is 2.80. The van der Waals surface area contributed by atoms with Crippen LogP contribution in [0.1, 0.15) is 36.0 Å². The van der Waals surface area contributed by atoms with Gasteiger partial charge in [0.2, 0.25) is 0 Å². The molecule has 2 bridgehead atoms. The molecule has 6 rings (SSSR count). The first kappa shape index (κ1) is 22.8. The first-order valence-corrected chi connectivity index (χ1v) is 10.3. The van der Waals surface area contributed by atoms with Crippen molar-refractivity contribution in [1.29, 1.82) is 0 Å². The lowest BCUT2D eigenvalue weighted by atomic mass is 9.30. The SMILES string of the molecule is OC(Cn1cnnn1)(c1ccc(F)cc1F)C(F)(F)C12CC(c3ccc(C(F)(F)F)cc3)(C1)C2. The number of hydrogen-bond donors (Lipinski definition) is 1. The van der Waals surface area contributed by atoms with Crippen LogP contribution in [0, 0.1) is 17.0 Å². The molecular weight excluding hydrogens is 469 g/mol. The molecule has 2 aromatic carbocycles. The van der Waals surface area contributed by atoms with Crippen molar-refractivity contribution < 1.29 is 35.8 Å². The van der Waals surface area contributed by atoms with Gasteiger partial charge in [-0.05, 0) is 64.9 Å². The average molecular weight is 486 g/mol. The summed E-state index contributed by atoms with van der Waals surface area (Å²) in [4.78, 5) is 0. The third-order valence-corrected chi connectivity index (χ3v) is 7.20. The van der Waals surface area contributed by atoms with Crippen molar-refractivity contribution in [1.82, 2.24) is 20.2 Å². The second kappa shape index (κ2) is 7.00. The smallest absolute Gasteiger partial charge is 0.377 e. The van der Waals surface area contributed by atoms with Gasteiger partial charge in [0.05, 0.1) is 12.1 Å². The average Bonchev–Trinajstić information content (AvgIpc) is 3.18. The Morgan fingerprint density at radius 2 is 1.59 bits per heavy atom. The lowest BCUT2D eigenvalue weighted by molar-refractivity contribution is -0.347. The summed E-state index contributed by atoms with van der Waals surface area (Å²) in [6, 6.07) is 6.30. The molecule has 0 saturated heterocycles. The Bertz CT molecular complexity index is 1210. The van der Waals surface area contributed by atoms with Crippen LogP contribution in [0.2, 0.25) is 0 Å². The van der Waals surface area contributed by atoms with E-state index in [1.54, 1.807) is 0 Å². The zero-order chi connectivity index (χ0) is 24.6. The zero-order valence-electron chi connectivity index (χ0n) is 17.3. The Hall–Kier alpha value is -3.02. The van der Waals surface area contributed by atoms with Crippen LogP contribution < -0.4 is 0 Å². The number of benzene rings is 2. The highest BCUT2D eigenvalue weighted by atomic mass is 19.4. The first-order chi connectivity index (χ1) is 15.8. The van der Waals surface area contributed by atoms with E-state index in [9.17, 15) is 27.1 Å². The Morgan fingerprint density at radius 1 is 0.941 bits per heavy atom. The highest BCUT2D eigenvalue weighted by Gasteiger charge is 2.82. The molecular formula is C22H17F7N4O. The van der Waals surface area contributed by atoms with Crippen LogP contribution in [-0.4, -0.2) is 31.2 Å². The van der Waals surface area contributed by atoms with Crippen molar-refractivity contribution >= 4 is 0 Å². The van der Waals surface area contributed by atoms with Gasteiger partial charge in [0, 0.05) is 17.0 Å². The molecule has 34 heavy (non-hydrogen) atoms. The number of aromatic nitrogens is 4. The lowest BCUT2D eigenvalue weighted by Crippen LogP contribution is -2.76. The minimum Gasteiger partial charge on any atom is -0.377 e. The predicted octanol–water partition coefficient (Wildman–Crippen LogP) is 4.62. The molecule has 5 nitrogen and oxygen atoms in total. The molecule has 1 aromatic heterocycles. The summed E-state index contributed by atoms with van der Waals surface area (Å²) >= 11 is 0. The minimum atomic E-state index is -4.52. The molecule has 1 unspecified atom stereocenters. The quantitative estimate of drug-likeness (QED) is 0.517. The van der Waals surface area contributed by atoms with Crippen molar-refractivity contribution in [2.45, 2.75) is 48.9 Å². The Labute approximate surface area is 188 Å². The summed E-state index contributed by atoms with van der Waals surface area (Å²) in [5.41, 5.74) is -6.74. The first-order valence-electron chi connectivity index (χ1n) is 10.3. The van der Waals surface area contributed by atoms with Gasteiger partial charge in [-0.25, -0.2) is 22.2 Å². The predicted molar refractivity (Wildman–Crippen MR) is 102 cm³/mol. The van der Waals surface area contributed by atoms with Crippen LogP contribution in [0.15, 0.2) is 48.8 Å². The van der Waals surface area contributed by atoms with E-state index in [4.69, 9.17) is 0 Å². The number of hydrogen-bond acceptors (Lipinski definition) is 4.